The van der Waals surface area contributed by atoms with Gasteiger partial charge in [-0.15, -0.1) is 0 Å². The molecule has 0 bridgehead atoms. The summed E-state index contributed by atoms with van der Waals surface area (Å²) in [4.78, 5) is 15.3. The van der Waals surface area contributed by atoms with Gasteiger partial charge in [-0.1, -0.05) is 30.3 Å². The number of piperidine rings is 1. The van der Waals surface area contributed by atoms with Gasteiger partial charge in [-0.05, 0) is 49.7 Å². The first-order valence-corrected chi connectivity index (χ1v) is 8.61. The molecule has 0 spiro atoms. The molecule has 1 aromatic heterocycles. The molecule has 1 saturated carbocycles. The number of likely N-dealkylation sites (tertiary alicyclic amines) is 1. The molecule has 1 aliphatic carbocycles. The zero-order chi connectivity index (χ0) is 15.7. The van der Waals surface area contributed by atoms with Crippen LogP contribution in [-0.2, 0) is 16.6 Å². The average molecular weight is 309 g/mol. The number of aromatic amines is 1. The highest BCUT2D eigenvalue weighted by atomic mass is 16.2. The van der Waals surface area contributed by atoms with Crippen molar-refractivity contribution in [1.29, 1.82) is 0 Å². The van der Waals surface area contributed by atoms with Crippen molar-refractivity contribution >= 4 is 5.91 Å². The fraction of sp³-hybridized carbons (Fsp3) is 0.474. The van der Waals surface area contributed by atoms with Crippen LogP contribution >= 0.6 is 0 Å². The topological polar surface area (TPSA) is 49.0 Å². The first kappa shape index (κ1) is 14.5. The van der Waals surface area contributed by atoms with Gasteiger partial charge in [-0.3, -0.25) is 9.89 Å². The van der Waals surface area contributed by atoms with Crippen molar-refractivity contribution in [1.82, 2.24) is 15.1 Å². The van der Waals surface area contributed by atoms with E-state index in [0.29, 0.717) is 11.8 Å². The molecule has 4 heteroatoms. The molecule has 2 fully saturated rings. The van der Waals surface area contributed by atoms with Gasteiger partial charge in [0.25, 0.3) is 0 Å². The maximum atomic E-state index is 13.1. The molecule has 4 nitrogen and oxygen atoms in total. The van der Waals surface area contributed by atoms with Crippen molar-refractivity contribution < 1.29 is 4.79 Å². The minimum Gasteiger partial charge on any atom is -0.342 e. The number of amides is 1. The summed E-state index contributed by atoms with van der Waals surface area (Å²) in [5, 5.41) is 7.07. The smallest absolute Gasteiger partial charge is 0.233 e. The molecule has 4 rings (SSSR count). The summed E-state index contributed by atoms with van der Waals surface area (Å²) in [7, 11) is 0. The van der Waals surface area contributed by atoms with Crippen LogP contribution in [0.3, 0.4) is 0 Å². The number of nitrogens with zero attached hydrogens (tertiary/aromatic N) is 2. The van der Waals surface area contributed by atoms with Crippen molar-refractivity contribution in [3.63, 3.8) is 0 Å². The van der Waals surface area contributed by atoms with Gasteiger partial charge in [0, 0.05) is 25.0 Å². The number of aromatic nitrogens is 2. The molecule has 120 valence electrons. The van der Waals surface area contributed by atoms with Crippen LogP contribution < -0.4 is 0 Å². The van der Waals surface area contributed by atoms with E-state index in [4.69, 9.17) is 0 Å². The van der Waals surface area contributed by atoms with Gasteiger partial charge in [-0.25, -0.2) is 0 Å². The summed E-state index contributed by atoms with van der Waals surface area (Å²) in [5.41, 5.74) is 2.14. The highest BCUT2D eigenvalue weighted by Gasteiger charge is 2.53. The molecule has 0 unspecified atom stereocenters. The number of carbonyl (C=O) groups excluding carboxylic acids is 1. The number of H-pyrrole nitrogens is 1. The predicted molar refractivity (Wildman–Crippen MR) is 88.9 cm³/mol. The summed E-state index contributed by atoms with van der Waals surface area (Å²) in [5.74, 6) is 0.887. The van der Waals surface area contributed by atoms with Crippen LogP contribution in [0.4, 0.5) is 0 Å². The van der Waals surface area contributed by atoms with Crippen molar-refractivity contribution in [3.8, 4) is 0 Å². The van der Waals surface area contributed by atoms with Gasteiger partial charge in [0.15, 0.2) is 0 Å². The molecule has 1 aliphatic heterocycles. The van der Waals surface area contributed by atoms with Gasteiger partial charge in [0.05, 0.1) is 5.41 Å². The maximum absolute atomic E-state index is 13.1. The normalized spacial score (nSPS) is 22.8. The van der Waals surface area contributed by atoms with E-state index < -0.39 is 0 Å². The molecule has 0 radical (unpaired) electrons. The minimum absolute atomic E-state index is 0.225. The quantitative estimate of drug-likeness (QED) is 0.944. The molecule has 23 heavy (non-hydrogen) atoms. The average Bonchev–Trinajstić information content (AvgIpc) is 3.26. The predicted octanol–water partition coefficient (Wildman–Crippen LogP) is 2.92. The number of hydrogen-bond donors (Lipinski definition) is 1. The van der Waals surface area contributed by atoms with Crippen LogP contribution in [0.2, 0.25) is 0 Å². The summed E-state index contributed by atoms with van der Waals surface area (Å²) in [6.07, 6.45) is 7.09. The summed E-state index contributed by atoms with van der Waals surface area (Å²) >= 11 is 0. The van der Waals surface area contributed by atoms with Gasteiger partial charge in [0.2, 0.25) is 5.91 Å². The van der Waals surface area contributed by atoms with Crippen LogP contribution in [0.25, 0.3) is 0 Å². The van der Waals surface area contributed by atoms with E-state index in [1.54, 1.807) is 6.20 Å². The van der Waals surface area contributed by atoms with Crippen LogP contribution in [-0.4, -0.2) is 34.1 Å². The van der Waals surface area contributed by atoms with E-state index in [1.807, 2.05) is 24.3 Å². The number of hydrogen-bond acceptors (Lipinski definition) is 2. The zero-order valence-electron chi connectivity index (χ0n) is 13.4. The van der Waals surface area contributed by atoms with Crippen LogP contribution in [0.5, 0.6) is 0 Å². The largest absolute Gasteiger partial charge is 0.342 e. The Kier molecular flexibility index (Phi) is 3.68. The Bertz CT molecular complexity index is 661. The monoisotopic (exact) mass is 309 g/mol. The number of carbonyl (C=O) groups is 1. The lowest BCUT2D eigenvalue weighted by atomic mass is 9.90. The lowest BCUT2D eigenvalue weighted by Crippen LogP contribution is -2.45. The molecule has 1 N–H and O–H groups in total. The third kappa shape index (κ3) is 2.78. The molecule has 1 aromatic carbocycles. The van der Waals surface area contributed by atoms with Crippen LogP contribution in [0, 0.1) is 5.92 Å². The van der Waals surface area contributed by atoms with E-state index in [-0.39, 0.29) is 5.41 Å². The van der Waals surface area contributed by atoms with Gasteiger partial charge < -0.3 is 4.90 Å². The van der Waals surface area contributed by atoms with Gasteiger partial charge in [0.1, 0.15) is 0 Å². The van der Waals surface area contributed by atoms with Crippen molar-refractivity contribution in [2.24, 2.45) is 5.92 Å². The van der Waals surface area contributed by atoms with Gasteiger partial charge >= 0.3 is 0 Å². The lowest BCUT2D eigenvalue weighted by molar-refractivity contribution is -0.135. The van der Waals surface area contributed by atoms with E-state index in [9.17, 15) is 4.79 Å². The van der Waals surface area contributed by atoms with Crippen molar-refractivity contribution in [2.75, 3.05) is 13.1 Å². The number of rotatable bonds is 4. The first-order chi connectivity index (χ1) is 11.3. The molecule has 1 atom stereocenters. The maximum Gasteiger partial charge on any atom is 0.233 e. The Morgan fingerprint density at radius 2 is 2.09 bits per heavy atom. The fourth-order valence-electron chi connectivity index (χ4n) is 3.94. The van der Waals surface area contributed by atoms with E-state index in [0.717, 1.165) is 38.8 Å². The lowest BCUT2D eigenvalue weighted by Gasteiger charge is -2.35. The second kappa shape index (κ2) is 5.84. The zero-order valence-corrected chi connectivity index (χ0v) is 13.4. The molecule has 1 saturated heterocycles. The summed E-state index contributed by atoms with van der Waals surface area (Å²) in [6.45, 7) is 1.79. The van der Waals surface area contributed by atoms with E-state index in [2.05, 4.69) is 27.2 Å². The Morgan fingerprint density at radius 3 is 2.78 bits per heavy atom. The Balaban J connectivity index is 1.46. The van der Waals surface area contributed by atoms with Crippen LogP contribution in [0.15, 0.2) is 42.6 Å². The Labute approximate surface area is 136 Å². The highest BCUT2D eigenvalue weighted by Crippen LogP contribution is 2.50. The third-order valence-electron chi connectivity index (χ3n) is 5.36. The molecular weight excluding hydrogens is 286 g/mol. The van der Waals surface area contributed by atoms with Crippen molar-refractivity contribution in [2.45, 2.75) is 37.5 Å². The first-order valence-electron chi connectivity index (χ1n) is 8.61. The third-order valence-corrected chi connectivity index (χ3v) is 5.36. The molecule has 2 aliphatic rings. The highest BCUT2D eigenvalue weighted by molar-refractivity contribution is 5.91. The second-order valence-corrected chi connectivity index (χ2v) is 6.99. The van der Waals surface area contributed by atoms with E-state index in [1.165, 1.54) is 17.7 Å². The van der Waals surface area contributed by atoms with Gasteiger partial charge in [-0.2, -0.15) is 5.10 Å². The number of benzene rings is 1. The molecule has 2 heterocycles. The SMILES string of the molecule is O=C(N1CCC[C@H](Cc2ccn[nH]2)C1)C1(c2ccccc2)CC1. The minimum atomic E-state index is -0.225. The molecule has 1 amide bonds. The Morgan fingerprint density at radius 1 is 1.26 bits per heavy atom. The second-order valence-electron chi connectivity index (χ2n) is 6.99. The summed E-state index contributed by atoms with van der Waals surface area (Å²) in [6, 6.07) is 12.4. The molecule has 2 aromatic rings. The van der Waals surface area contributed by atoms with Crippen molar-refractivity contribution in [3.05, 3.63) is 53.9 Å². The Hall–Kier alpha value is -2.10. The standard InChI is InChI=1S/C19H23N3O/c23-18(19(9-10-19)16-6-2-1-3-7-16)22-12-4-5-15(14-22)13-17-8-11-20-21-17/h1-3,6-8,11,15H,4-5,9-10,12-14H2,(H,20,21)/t15-/m1/s1. The van der Waals surface area contributed by atoms with Crippen LogP contribution in [0.1, 0.15) is 36.9 Å². The summed E-state index contributed by atoms with van der Waals surface area (Å²) < 4.78 is 0. The fourth-order valence-corrected chi connectivity index (χ4v) is 3.94. The van der Waals surface area contributed by atoms with E-state index >= 15 is 0 Å². The number of nitrogens with one attached hydrogen (secondary N) is 1. The molecular formula is C19H23N3O.